The van der Waals surface area contributed by atoms with E-state index in [0.717, 1.165) is 56.7 Å². The van der Waals surface area contributed by atoms with E-state index in [2.05, 4.69) is 30.9 Å². The smallest absolute Gasteiger partial charge is 0.357 e. The van der Waals surface area contributed by atoms with Crippen molar-refractivity contribution in [2.45, 2.75) is 68.9 Å². The number of hydrogen-bond acceptors (Lipinski definition) is 13. The molecule has 5 rings (SSSR count). The summed E-state index contributed by atoms with van der Waals surface area (Å²) in [6.45, 7) is 0. The van der Waals surface area contributed by atoms with E-state index >= 15 is 0 Å². The second kappa shape index (κ2) is 9.48. The van der Waals surface area contributed by atoms with Crippen molar-refractivity contribution in [1.82, 2.24) is 25.0 Å². The standard InChI is InChI=1S/C23H31N9O5/c24-15-6-1-2-7-17(15)27-21-28-20(19(29-30-21)18(25)12-4-3-5-12)26-14-8-9-16-13(10-14)11-32(31-16)22(33,34)23(35,36)37/h8-11,15,17,33-37H,1-7,24-25H2,(H2,26,27,28,30)/t15-,17+/m0/s1. The highest BCUT2D eigenvalue weighted by Gasteiger charge is 2.49. The van der Waals surface area contributed by atoms with E-state index < -0.39 is 11.9 Å². The van der Waals surface area contributed by atoms with Gasteiger partial charge in [0.2, 0.25) is 5.95 Å². The molecule has 0 spiro atoms. The first kappa shape index (κ1) is 25.3. The minimum atomic E-state index is -3.84. The van der Waals surface area contributed by atoms with Gasteiger partial charge in [0.25, 0.3) is 0 Å². The number of hydrogen-bond donors (Lipinski definition) is 9. The average Bonchev–Trinajstić information content (AvgIpc) is 3.23. The highest BCUT2D eigenvalue weighted by Crippen LogP contribution is 2.33. The molecule has 0 aliphatic heterocycles. The zero-order valence-electron chi connectivity index (χ0n) is 20.0. The van der Waals surface area contributed by atoms with E-state index in [9.17, 15) is 25.5 Å². The monoisotopic (exact) mass is 513 g/mol. The van der Waals surface area contributed by atoms with E-state index in [4.69, 9.17) is 11.5 Å². The fourth-order valence-corrected chi connectivity index (χ4v) is 4.50. The van der Waals surface area contributed by atoms with Crippen LogP contribution in [0.3, 0.4) is 0 Å². The van der Waals surface area contributed by atoms with Crippen LogP contribution in [-0.2, 0) is 5.91 Å². The Kier molecular flexibility index (Phi) is 6.47. The normalized spacial score (nSPS) is 20.5. The van der Waals surface area contributed by atoms with Gasteiger partial charge in [-0.05, 0) is 55.9 Å². The number of benzene rings is 1. The highest BCUT2D eigenvalue weighted by atomic mass is 16.7. The average molecular weight is 514 g/mol. The lowest BCUT2D eigenvalue weighted by Gasteiger charge is -2.29. The zero-order valence-corrected chi connectivity index (χ0v) is 20.0. The first-order valence-corrected chi connectivity index (χ1v) is 12.2. The fourth-order valence-electron chi connectivity index (χ4n) is 4.50. The molecule has 0 unspecified atom stereocenters. The van der Waals surface area contributed by atoms with E-state index in [0.29, 0.717) is 44.4 Å². The molecular weight excluding hydrogens is 482 g/mol. The number of aliphatic hydroxyl groups is 5. The fraction of sp³-hybridized carbons (Fsp3) is 0.478. The van der Waals surface area contributed by atoms with Crippen molar-refractivity contribution >= 4 is 34.1 Å². The van der Waals surface area contributed by atoms with E-state index in [-0.39, 0.29) is 12.1 Å². The molecule has 0 bridgehead atoms. The third kappa shape index (κ3) is 4.94. The second-order valence-electron chi connectivity index (χ2n) is 9.65. The molecular formula is C23H31N9O5. The molecule has 2 aromatic heterocycles. The third-order valence-corrected chi connectivity index (χ3v) is 6.95. The molecule has 2 aliphatic rings. The number of anilines is 3. The van der Waals surface area contributed by atoms with Crippen LogP contribution >= 0.6 is 0 Å². The third-order valence-electron chi connectivity index (χ3n) is 6.95. The van der Waals surface area contributed by atoms with Gasteiger partial charge in [-0.25, -0.2) is 4.68 Å². The van der Waals surface area contributed by atoms with Gasteiger partial charge in [-0.1, -0.05) is 12.8 Å². The Balaban J connectivity index is 1.47. The van der Waals surface area contributed by atoms with Crippen molar-refractivity contribution < 1.29 is 25.5 Å². The summed E-state index contributed by atoms with van der Waals surface area (Å²) in [5, 5.41) is 67.1. The molecule has 3 aromatic rings. The number of fused-ring (bicyclic) bond motifs is 1. The zero-order chi connectivity index (χ0) is 26.4. The van der Waals surface area contributed by atoms with Gasteiger partial charge in [-0.15, -0.1) is 10.2 Å². The predicted octanol–water partition coefficient (Wildman–Crippen LogP) is -0.274. The molecule has 2 atom stereocenters. The Morgan fingerprint density at radius 2 is 1.78 bits per heavy atom. The summed E-state index contributed by atoms with van der Waals surface area (Å²) in [7, 11) is 0. The summed E-state index contributed by atoms with van der Waals surface area (Å²) in [5.74, 6) is -6.62. The minimum Gasteiger partial charge on any atom is -0.397 e. The van der Waals surface area contributed by atoms with Crippen molar-refractivity contribution in [3.63, 3.8) is 0 Å². The number of nitrogens with one attached hydrogen (secondary N) is 2. The Morgan fingerprint density at radius 1 is 1.03 bits per heavy atom. The van der Waals surface area contributed by atoms with Crippen LogP contribution in [0.5, 0.6) is 0 Å². The number of nitrogens with zero attached hydrogens (tertiary/aromatic N) is 5. The van der Waals surface area contributed by atoms with E-state index in [1.165, 1.54) is 0 Å². The molecule has 0 radical (unpaired) electrons. The summed E-state index contributed by atoms with van der Waals surface area (Å²) in [6.07, 6.45) is 7.98. The van der Waals surface area contributed by atoms with Crippen molar-refractivity contribution in [2.24, 2.45) is 11.5 Å². The van der Waals surface area contributed by atoms with Gasteiger partial charge in [0.15, 0.2) is 11.5 Å². The van der Waals surface area contributed by atoms with Crippen LogP contribution < -0.4 is 22.1 Å². The van der Waals surface area contributed by atoms with Crippen molar-refractivity contribution in [2.75, 3.05) is 10.6 Å². The summed E-state index contributed by atoms with van der Waals surface area (Å²) in [6, 6.07) is 4.90. The molecule has 198 valence electrons. The second-order valence-corrected chi connectivity index (χ2v) is 9.65. The first-order valence-electron chi connectivity index (χ1n) is 12.2. The molecule has 2 heterocycles. The Hall–Kier alpha value is -3.40. The number of rotatable bonds is 7. The molecule has 1 aromatic carbocycles. The maximum atomic E-state index is 9.92. The molecule has 2 saturated carbocycles. The number of aromatic nitrogens is 5. The maximum absolute atomic E-state index is 9.92. The van der Waals surface area contributed by atoms with Gasteiger partial charge in [-0.3, -0.25) is 0 Å². The van der Waals surface area contributed by atoms with Crippen molar-refractivity contribution in [3.8, 4) is 0 Å². The molecule has 14 heteroatoms. The lowest BCUT2D eigenvalue weighted by molar-refractivity contribution is -0.483. The molecule has 14 nitrogen and oxygen atoms in total. The summed E-state index contributed by atoms with van der Waals surface area (Å²) < 4.78 is 0.438. The Bertz CT molecular complexity index is 1330. The summed E-state index contributed by atoms with van der Waals surface area (Å²) in [4.78, 5) is 4.65. The van der Waals surface area contributed by atoms with Crippen LogP contribution in [0.15, 0.2) is 30.0 Å². The van der Waals surface area contributed by atoms with Crippen LogP contribution in [0, 0.1) is 0 Å². The van der Waals surface area contributed by atoms with Crippen LogP contribution in [0.25, 0.3) is 16.6 Å². The predicted molar refractivity (Wildman–Crippen MR) is 133 cm³/mol. The molecule has 0 saturated heterocycles. The molecule has 11 N–H and O–H groups in total. The number of allylic oxidation sites excluding steroid dienone is 1. The quantitative estimate of drug-likeness (QED) is 0.185. The van der Waals surface area contributed by atoms with Gasteiger partial charge in [0.1, 0.15) is 0 Å². The maximum Gasteiger partial charge on any atom is 0.357 e. The molecule has 2 aliphatic carbocycles. The van der Waals surface area contributed by atoms with Crippen LogP contribution in [0.1, 0.15) is 50.6 Å². The van der Waals surface area contributed by atoms with Crippen molar-refractivity contribution in [1.29, 1.82) is 0 Å². The molecule has 37 heavy (non-hydrogen) atoms. The van der Waals surface area contributed by atoms with Crippen molar-refractivity contribution in [3.05, 3.63) is 35.7 Å². The molecule has 0 amide bonds. The van der Waals surface area contributed by atoms with Crippen LogP contribution in [0.2, 0.25) is 0 Å². The van der Waals surface area contributed by atoms with Crippen LogP contribution in [0.4, 0.5) is 17.5 Å². The Morgan fingerprint density at radius 3 is 2.46 bits per heavy atom. The minimum absolute atomic E-state index is 0.00443. The number of nitrogens with two attached hydrogens (primary N) is 2. The van der Waals surface area contributed by atoms with E-state index in [1.54, 1.807) is 18.2 Å². The Labute approximate surface area is 211 Å². The van der Waals surface area contributed by atoms with Gasteiger partial charge in [0, 0.05) is 29.4 Å². The van der Waals surface area contributed by atoms with Gasteiger partial charge < -0.3 is 47.6 Å². The lowest BCUT2D eigenvalue weighted by Crippen LogP contribution is -2.56. The summed E-state index contributed by atoms with van der Waals surface area (Å²) >= 11 is 0. The van der Waals surface area contributed by atoms with Gasteiger partial charge >= 0.3 is 11.9 Å². The summed E-state index contributed by atoms with van der Waals surface area (Å²) in [5.41, 5.74) is 15.6. The lowest BCUT2D eigenvalue weighted by atomic mass is 9.90. The molecule has 2 fully saturated rings. The van der Waals surface area contributed by atoms with Crippen LogP contribution in [-0.4, -0.2) is 68.6 Å². The van der Waals surface area contributed by atoms with E-state index in [1.807, 2.05) is 0 Å². The first-order chi connectivity index (χ1) is 17.5. The largest absolute Gasteiger partial charge is 0.397 e. The van der Waals surface area contributed by atoms with Gasteiger partial charge in [0.05, 0.1) is 11.2 Å². The van der Waals surface area contributed by atoms with Gasteiger partial charge in [-0.2, -0.15) is 10.1 Å². The topological polar surface area (TPSA) is 234 Å². The SMILES string of the molecule is NC(=C1CCC1)c1nnc(N[C@@H]2CCCC[C@@H]2N)nc1Nc1ccc2nn(C(O)(O)C(O)(O)O)cc2c1. The highest BCUT2D eigenvalue weighted by molar-refractivity contribution is 5.84.